The van der Waals surface area contributed by atoms with Crippen LogP contribution in [0.5, 0.6) is 0 Å². The van der Waals surface area contributed by atoms with Crippen LogP contribution in [0.4, 0.5) is 16.2 Å². The zero-order chi connectivity index (χ0) is 18.8. The Morgan fingerprint density at radius 2 is 2.07 bits per heavy atom. The molecular formula is C18H15ClN6O2. The molecule has 2 heterocycles. The minimum absolute atomic E-state index is 0.194. The van der Waals surface area contributed by atoms with Crippen molar-refractivity contribution in [3.05, 3.63) is 65.4 Å². The fourth-order valence-electron chi connectivity index (χ4n) is 2.88. The first-order valence-electron chi connectivity index (χ1n) is 8.25. The van der Waals surface area contributed by atoms with Crippen LogP contribution < -0.4 is 15.5 Å². The Hall–Kier alpha value is -3.39. The van der Waals surface area contributed by atoms with Crippen LogP contribution in [-0.2, 0) is 0 Å². The summed E-state index contributed by atoms with van der Waals surface area (Å²) in [6.45, 7) is 1.10. The largest absolute Gasteiger partial charge is 0.336 e. The highest BCUT2D eigenvalue weighted by Gasteiger charge is 2.23. The predicted molar refractivity (Wildman–Crippen MR) is 102 cm³/mol. The van der Waals surface area contributed by atoms with Crippen LogP contribution in [0.15, 0.2) is 54.9 Å². The highest BCUT2D eigenvalue weighted by molar-refractivity contribution is 6.34. The maximum absolute atomic E-state index is 12.8. The summed E-state index contributed by atoms with van der Waals surface area (Å²) in [7, 11) is 0. The minimum Gasteiger partial charge on any atom is -0.336 e. The monoisotopic (exact) mass is 382 g/mol. The Labute approximate surface area is 159 Å². The van der Waals surface area contributed by atoms with Crippen molar-refractivity contribution in [2.24, 2.45) is 0 Å². The van der Waals surface area contributed by atoms with E-state index in [0.29, 0.717) is 35.2 Å². The van der Waals surface area contributed by atoms with Gasteiger partial charge in [-0.3, -0.25) is 9.69 Å². The molecular weight excluding hydrogens is 368 g/mol. The van der Waals surface area contributed by atoms with Crippen LogP contribution in [0.2, 0.25) is 5.02 Å². The number of para-hydroxylation sites is 2. The summed E-state index contributed by atoms with van der Waals surface area (Å²) < 4.78 is 1.56. The predicted octanol–water partition coefficient (Wildman–Crippen LogP) is 2.70. The van der Waals surface area contributed by atoms with E-state index in [1.165, 1.54) is 0 Å². The summed E-state index contributed by atoms with van der Waals surface area (Å²) in [5.74, 6) is -0.381. The first-order valence-corrected chi connectivity index (χ1v) is 8.63. The number of halogens is 1. The fourth-order valence-corrected chi connectivity index (χ4v) is 3.08. The molecule has 0 unspecified atom stereocenters. The molecule has 0 radical (unpaired) electrons. The molecule has 1 aliphatic heterocycles. The lowest BCUT2D eigenvalue weighted by molar-refractivity contribution is 0.102. The number of rotatable bonds is 4. The zero-order valence-electron chi connectivity index (χ0n) is 14.1. The fraction of sp³-hybridized carbons (Fsp3) is 0.111. The van der Waals surface area contributed by atoms with Gasteiger partial charge in [0, 0.05) is 18.8 Å². The average Bonchev–Trinajstić information content (AvgIpc) is 3.34. The van der Waals surface area contributed by atoms with Crippen LogP contribution in [0.25, 0.3) is 5.69 Å². The van der Waals surface area contributed by atoms with Gasteiger partial charge in [0.1, 0.15) is 0 Å². The summed E-state index contributed by atoms with van der Waals surface area (Å²) in [5, 5.41) is 13.6. The van der Waals surface area contributed by atoms with Gasteiger partial charge in [-0.2, -0.15) is 0 Å². The third kappa shape index (κ3) is 3.34. The second-order valence-corrected chi connectivity index (χ2v) is 6.27. The number of hydrogen-bond donors (Lipinski definition) is 2. The van der Waals surface area contributed by atoms with Gasteiger partial charge in [-0.1, -0.05) is 28.9 Å². The molecule has 0 atom stereocenters. The number of urea groups is 1. The number of anilines is 2. The maximum Gasteiger partial charge on any atom is 0.321 e. The smallest absolute Gasteiger partial charge is 0.321 e. The highest BCUT2D eigenvalue weighted by Crippen LogP contribution is 2.26. The van der Waals surface area contributed by atoms with Crippen LogP contribution in [0.3, 0.4) is 0 Å². The minimum atomic E-state index is -0.381. The van der Waals surface area contributed by atoms with Crippen molar-refractivity contribution in [3.8, 4) is 5.69 Å². The molecule has 2 aromatic carbocycles. The van der Waals surface area contributed by atoms with Crippen LogP contribution in [-0.4, -0.2) is 40.0 Å². The Bertz CT molecular complexity index is 1000. The zero-order valence-corrected chi connectivity index (χ0v) is 14.8. The summed E-state index contributed by atoms with van der Waals surface area (Å²) in [4.78, 5) is 26.3. The number of amides is 3. The molecule has 27 heavy (non-hydrogen) atoms. The normalized spacial score (nSPS) is 13.5. The van der Waals surface area contributed by atoms with Crippen molar-refractivity contribution in [2.75, 3.05) is 23.3 Å². The van der Waals surface area contributed by atoms with Crippen molar-refractivity contribution in [2.45, 2.75) is 0 Å². The molecule has 1 aliphatic rings. The number of hydrogen-bond acceptors (Lipinski definition) is 4. The van der Waals surface area contributed by atoms with E-state index in [9.17, 15) is 9.59 Å². The second-order valence-electron chi connectivity index (χ2n) is 5.87. The quantitative estimate of drug-likeness (QED) is 0.725. The first-order chi connectivity index (χ1) is 13.1. The number of carbonyl (C=O) groups is 2. The molecule has 1 aromatic heterocycles. The molecule has 136 valence electrons. The topological polar surface area (TPSA) is 92.2 Å². The summed E-state index contributed by atoms with van der Waals surface area (Å²) in [5.41, 5.74) is 2.13. The summed E-state index contributed by atoms with van der Waals surface area (Å²) in [6.07, 6.45) is 3.24. The SMILES string of the molecule is O=C(Nc1ccccc1-n1ccnn1)c1cc(N2CCNC2=O)ccc1Cl. The van der Waals surface area contributed by atoms with Crippen molar-refractivity contribution in [1.82, 2.24) is 20.3 Å². The van der Waals surface area contributed by atoms with Gasteiger partial charge >= 0.3 is 6.03 Å². The van der Waals surface area contributed by atoms with Gasteiger partial charge < -0.3 is 10.6 Å². The van der Waals surface area contributed by atoms with E-state index in [0.717, 1.165) is 0 Å². The van der Waals surface area contributed by atoms with Gasteiger partial charge in [0.05, 0.1) is 34.4 Å². The van der Waals surface area contributed by atoms with Crippen molar-refractivity contribution in [1.29, 1.82) is 0 Å². The van der Waals surface area contributed by atoms with Gasteiger partial charge in [0.15, 0.2) is 0 Å². The third-order valence-corrected chi connectivity index (χ3v) is 4.51. The van der Waals surface area contributed by atoms with E-state index in [2.05, 4.69) is 20.9 Å². The molecule has 2 N–H and O–H groups in total. The number of benzene rings is 2. The standard InChI is InChI=1S/C18H15ClN6O2/c19-14-6-5-12(24-9-7-20-18(24)27)11-13(14)17(26)22-15-3-1-2-4-16(15)25-10-8-21-23-25/h1-6,8,10-11H,7,9H2,(H,20,27)(H,22,26). The van der Waals surface area contributed by atoms with Gasteiger partial charge in [0.2, 0.25) is 0 Å². The lowest BCUT2D eigenvalue weighted by atomic mass is 10.1. The van der Waals surface area contributed by atoms with E-state index >= 15 is 0 Å². The second kappa shape index (κ2) is 7.08. The first kappa shape index (κ1) is 17.0. The Morgan fingerprint density at radius 3 is 2.81 bits per heavy atom. The molecule has 0 saturated carbocycles. The maximum atomic E-state index is 12.8. The third-order valence-electron chi connectivity index (χ3n) is 4.18. The molecule has 0 bridgehead atoms. The number of nitrogens with zero attached hydrogens (tertiary/aromatic N) is 4. The molecule has 3 aromatic rings. The van der Waals surface area contributed by atoms with Crippen molar-refractivity contribution >= 4 is 34.9 Å². The van der Waals surface area contributed by atoms with Gasteiger partial charge in [-0.15, -0.1) is 5.10 Å². The van der Waals surface area contributed by atoms with E-state index < -0.39 is 0 Å². The number of carbonyl (C=O) groups excluding carboxylic acids is 2. The summed E-state index contributed by atoms with van der Waals surface area (Å²) >= 11 is 6.23. The lowest BCUT2D eigenvalue weighted by Gasteiger charge is -2.16. The Kier molecular flexibility index (Phi) is 4.47. The molecule has 4 rings (SSSR count). The molecule has 9 heteroatoms. The van der Waals surface area contributed by atoms with E-state index in [4.69, 9.17) is 11.6 Å². The van der Waals surface area contributed by atoms with E-state index in [1.54, 1.807) is 46.2 Å². The van der Waals surface area contributed by atoms with Crippen molar-refractivity contribution in [3.63, 3.8) is 0 Å². The average molecular weight is 383 g/mol. The number of nitrogens with one attached hydrogen (secondary N) is 2. The van der Waals surface area contributed by atoms with Crippen LogP contribution >= 0.6 is 11.6 Å². The van der Waals surface area contributed by atoms with Gasteiger partial charge in [-0.05, 0) is 30.3 Å². The van der Waals surface area contributed by atoms with Gasteiger partial charge in [0.25, 0.3) is 5.91 Å². The van der Waals surface area contributed by atoms with Gasteiger partial charge in [-0.25, -0.2) is 9.48 Å². The molecule has 0 aliphatic carbocycles. The van der Waals surface area contributed by atoms with E-state index in [1.807, 2.05) is 18.2 Å². The molecule has 0 spiro atoms. The van der Waals surface area contributed by atoms with Crippen LogP contribution in [0, 0.1) is 0 Å². The molecule has 1 saturated heterocycles. The lowest BCUT2D eigenvalue weighted by Crippen LogP contribution is -2.28. The Balaban J connectivity index is 1.64. The number of aromatic nitrogens is 3. The van der Waals surface area contributed by atoms with E-state index in [-0.39, 0.29) is 17.5 Å². The molecule has 1 fully saturated rings. The molecule has 3 amide bonds. The van der Waals surface area contributed by atoms with Crippen molar-refractivity contribution < 1.29 is 9.59 Å². The van der Waals surface area contributed by atoms with Crippen LogP contribution in [0.1, 0.15) is 10.4 Å². The molecule has 8 nitrogen and oxygen atoms in total. The Morgan fingerprint density at radius 1 is 1.22 bits per heavy atom. The summed E-state index contributed by atoms with van der Waals surface area (Å²) in [6, 6.07) is 12.0. The highest BCUT2D eigenvalue weighted by atomic mass is 35.5.